The van der Waals surface area contributed by atoms with Gasteiger partial charge >= 0.3 is 0 Å². The molecule has 0 fully saturated rings. The van der Waals surface area contributed by atoms with Gasteiger partial charge in [0.05, 0.1) is 11.4 Å². The molecule has 0 radical (unpaired) electrons. The summed E-state index contributed by atoms with van der Waals surface area (Å²) in [6.45, 7) is 0. The molecule has 12 aromatic rings. The van der Waals surface area contributed by atoms with Crippen LogP contribution in [0.4, 0.5) is 0 Å². The van der Waals surface area contributed by atoms with Crippen molar-refractivity contribution in [1.29, 1.82) is 0 Å². The lowest BCUT2D eigenvalue weighted by molar-refractivity contribution is 1.18. The Labute approximate surface area is 357 Å². The fraction of sp³-hybridized carbons (Fsp3) is 0. The molecule has 0 aliphatic rings. The zero-order valence-corrected chi connectivity index (χ0v) is 33.9. The van der Waals surface area contributed by atoms with E-state index in [-0.39, 0.29) is 0 Å². The van der Waals surface area contributed by atoms with Gasteiger partial charge in [-0.2, -0.15) is 0 Å². The monoisotopic (exact) mass is 792 g/mol. The lowest BCUT2D eigenvalue weighted by atomic mass is 9.92. The molecule has 61 heavy (non-hydrogen) atoms. The van der Waals surface area contributed by atoms with E-state index in [9.17, 15) is 0 Å². The Morgan fingerprint density at radius 1 is 0.230 bits per heavy atom. The van der Waals surface area contributed by atoms with Crippen molar-refractivity contribution in [2.75, 3.05) is 0 Å². The van der Waals surface area contributed by atoms with Gasteiger partial charge in [-0.3, -0.25) is 0 Å². The molecule has 0 unspecified atom stereocenters. The molecule has 0 atom stereocenters. The van der Waals surface area contributed by atoms with E-state index in [1.54, 1.807) is 0 Å². The van der Waals surface area contributed by atoms with Crippen LogP contribution < -0.4 is 0 Å². The average Bonchev–Trinajstić information content (AvgIpc) is 3.72. The second-order valence-electron chi connectivity index (χ2n) is 15.7. The minimum atomic E-state index is 0.701. The second-order valence-corrected chi connectivity index (χ2v) is 16.8. The first-order chi connectivity index (χ1) is 30.2. The number of rotatable bonds is 6. The zero-order valence-electron chi connectivity index (χ0n) is 33.1. The van der Waals surface area contributed by atoms with E-state index in [4.69, 9.17) is 9.97 Å². The normalized spacial score (nSPS) is 11.6. The van der Waals surface area contributed by atoms with E-state index in [0.717, 1.165) is 39.2 Å². The highest BCUT2D eigenvalue weighted by Gasteiger charge is 2.14. The SMILES string of the molecule is c1ccc(-c2cc(-c3ccc(-c4ccc(-c5ccc6sc7ccccc7c6c5)cc4)cc3)nc(-c3ccc(-c4ccc5c6ccccc6c6ccccc6c5c4)cc3)n2)cc1. The molecule has 0 bridgehead atoms. The molecule has 0 aliphatic heterocycles. The lowest BCUT2D eigenvalue weighted by Gasteiger charge is -2.13. The first-order valence-electron chi connectivity index (χ1n) is 20.7. The summed E-state index contributed by atoms with van der Waals surface area (Å²) in [4.78, 5) is 10.3. The first-order valence-corrected chi connectivity index (χ1v) is 21.5. The van der Waals surface area contributed by atoms with Crippen LogP contribution in [0.5, 0.6) is 0 Å². The van der Waals surface area contributed by atoms with E-state index in [2.05, 4.69) is 212 Å². The molecular formula is C58H36N2S. The Morgan fingerprint density at radius 2 is 0.607 bits per heavy atom. The molecule has 0 aliphatic carbocycles. The summed E-state index contributed by atoms with van der Waals surface area (Å²) in [5.41, 5.74) is 12.0. The Bertz CT molecular complexity index is 3570. The topological polar surface area (TPSA) is 25.8 Å². The summed E-state index contributed by atoms with van der Waals surface area (Å²) in [5.74, 6) is 0.701. The molecule has 0 saturated heterocycles. The van der Waals surface area contributed by atoms with Crippen molar-refractivity contribution in [2.45, 2.75) is 0 Å². The second kappa shape index (κ2) is 14.5. The van der Waals surface area contributed by atoms with Gasteiger partial charge in [0, 0.05) is 36.9 Å². The van der Waals surface area contributed by atoms with Crippen LogP contribution in [0, 0.1) is 0 Å². The van der Waals surface area contributed by atoms with Crippen molar-refractivity contribution in [3.63, 3.8) is 0 Å². The standard InChI is InChI=1S/C58H36N2S/c1-2-10-41(11-3-1)54-36-55(42-26-22-38(23-27-42)37-18-20-39(21-19-37)45-31-33-57-53(35-45)51-16-8-9-17-56(51)61-57)60-58(59-54)43-28-24-40(25-29-43)44-30-32-50-48-14-5-4-12-46(48)47-13-6-7-15-49(47)52(50)34-44/h1-36H. The van der Waals surface area contributed by atoms with Crippen LogP contribution in [0.25, 0.3) is 120 Å². The number of nitrogens with zero attached hydrogens (tertiary/aromatic N) is 2. The largest absolute Gasteiger partial charge is 0.228 e. The smallest absolute Gasteiger partial charge is 0.160 e. The first kappa shape index (κ1) is 35.2. The zero-order chi connectivity index (χ0) is 40.3. The minimum Gasteiger partial charge on any atom is -0.228 e. The summed E-state index contributed by atoms with van der Waals surface area (Å²) >= 11 is 1.86. The van der Waals surface area contributed by atoms with Crippen molar-refractivity contribution in [3.05, 3.63) is 218 Å². The van der Waals surface area contributed by atoms with E-state index in [0.29, 0.717) is 5.82 Å². The number of hydrogen-bond donors (Lipinski definition) is 0. The minimum absolute atomic E-state index is 0.701. The summed E-state index contributed by atoms with van der Waals surface area (Å²) in [5, 5.41) is 10.3. The summed E-state index contributed by atoms with van der Waals surface area (Å²) in [7, 11) is 0. The fourth-order valence-corrected chi connectivity index (χ4v) is 10.1. The van der Waals surface area contributed by atoms with Crippen LogP contribution in [-0.4, -0.2) is 9.97 Å². The molecule has 2 aromatic heterocycles. The molecular weight excluding hydrogens is 757 g/mol. The van der Waals surface area contributed by atoms with Crippen LogP contribution in [0.2, 0.25) is 0 Å². The molecule has 2 nitrogen and oxygen atoms in total. The van der Waals surface area contributed by atoms with Gasteiger partial charge < -0.3 is 0 Å². The van der Waals surface area contributed by atoms with E-state index < -0.39 is 0 Å². The Balaban J connectivity index is 0.859. The molecule has 3 heteroatoms. The summed E-state index contributed by atoms with van der Waals surface area (Å²) in [6.07, 6.45) is 0. The van der Waals surface area contributed by atoms with Gasteiger partial charge in [-0.1, -0.05) is 188 Å². The lowest BCUT2D eigenvalue weighted by Crippen LogP contribution is -1.96. The van der Waals surface area contributed by atoms with Gasteiger partial charge in [-0.05, 0) is 96.0 Å². The van der Waals surface area contributed by atoms with E-state index in [1.807, 2.05) is 17.4 Å². The number of fused-ring (bicyclic) bond motifs is 9. The number of thiophene rings is 1. The molecule has 0 N–H and O–H groups in total. The summed E-state index contributed by atoms with van der Waals surface area (Å²) < 4.78 is 2.66. The van der Waals surface area contributed by atoms with Crippen LogP contribution in [0.1, 0.15) is 0 Å². The third-order valence-corrected chi connectivity index (χ3v) is 13.3. The number of aromatic nitrogens is 2. The highest BCUT2D eigenvalue weighted by atomic mass is 32.1. The van der Waals surface area contributed by atoms with Crippen molar-refractivity contribution < 1.29 is 0 Å². The third-order valence-electron chi connectivity index (χ3n) is 12.1. The van der Waals surface area contributed by atoms with Crippen molar-refractivity contribution in [2.24, 2.45) is 0 Å². The molecule has 10 aromatic carbocycles. The highest BCUT2D eigenvalue weighted by molar-refractivity contribution is 7.25. The van der Waals surface area contributed by atoms with Gasteiger partial charge in [0.25, 0.3) is 0 Å². The van der Waals surface area contributed by atoms with Gasteiger partial charge in [-0.15, -0.1) is 11.3 Å². The van der Waals surface area contributed by atoms with Gasteiger partial charge in [0.15, 0.2) is 5.82 Å². The van der Waals surface area contributed by atoms with Crippen molar-refractivity contribution in [3.8, 4) is 67.3 Å². The predicted molar refractivity (Wildman–Crippen MR) is 260 cm³/mol. The third kappa shape index (κ3) is 6.26. The van der Waals surface area contributed by atoms with Gasteiger partial charge in [0.1, 0.15) is 0 Å². The van der Waals surface area contributed by atoms with Gasteiger partial charge in [-0.25, -0.2) is 9.97 Å². The van der Waals surface area contributed by atoms with Crippen molar-refractivity contribution >= 4 is 63.8 Å². The Morgan fingerprint density at radius 3 is 1.20 bits per heavy atom. The molecule has 284 valence electrons. The Kier molecular flexibility index (Phi) is 8.39. The number of benzene rings is 10. The molecule has 12 rings (SSSR count). The highest BCUT2D eigenvalue weighted by Crippen LogP contribution is 2.39. The fourth-order valence-electron chi connectivity index (χ4n) is 8.97. The summed E-state index contributed by atoms with van der Waals surface area (Å²) in [6, 6.07) is 78.7. The van der Waals surface area contributed by atoms with Crippen LogP contribution in [-0.2, 0) is 0 Å². The van der Waals surface area contributed by atoms with Gasteiger partial charge in [0.2, 0.25) is 0 Å². The molecule has 0 spiro atoms. The number of hydrogen-bond acceptors (Lipinski definition) is 3. The van der Waals surface area contributed by atoms with E-state index in [1.165, 1.54) is 74.7 Å². The van der Waals surface area contributed by atoms with Crippen molar-refractivity contribution in [1.82, 2.24) is 9.97 Å². The average molecular weight is 793 g/mol. The Hall–Kier alpha value is -7.72. The molecule has 2 heterocycles. The maximum absolute atomic E-state index is 5.18. The molecule has 0 saturated carbocycles. The quantitative estimate of drug-likeness (QED) is 0.157. The van der Waals surface area contributed by atoms with Crippen LogP contribution in [0.15, 0.2) is 218 Å². The predicted octanol–water partition coefficient (Wildman–Crippen LogP) is 16.3. The van der Waals surface area contributed by atoms with E-state index >= 15 is 0 Å². The molecule has 0 amide bonds. The maximum atomic E-state index is 5.18. The van der Waals surface area contributed by atoms with Crippen LogP contribution in [0.3, 0.4) is 0 Å². The maximum Gasteiger partial charge on any atom is 0.160 e. The van der Waals surface area contributed by atoms with Crippen LogP contribution >= 0.6 is 11.3 Å².